The van der Waals surface area contributed by atoms with E-state index < -0.39 is 9.84 Å². The van der Waals surface area contributed by atoms with E-state index in [1.54, 1.807) is 7.11 Å². The number of nitrogens with zero attached hydrogens (tertiary/aromatic N) is 2. The SMILES string of the molecule is CCC(CC)C(=O)N=C1S[C@@H]2CS(=O)(=O)C[C@H]2N1c1cccc(OC)c1. The quantitative estimate of drug-likeness (QED) is 0.762. The Bertz CT molecular complexity index is 818. The monoisotopic (exact) mass is 396 g/mol. The van der Waals surface area contributed by atoms with Crippen LogP contribution < -0.4 is 9.64 Å². The van der Waals surface area contributed by atoms with E-state index in [4.69, 9.17) is 4.74 Å². The van der Waals surface area contributed by atoms with Crippen molar-refractivity contribution >= 4 is 38.4 Å². The van der Waals surface area contributed by atoms with Crippen LogP contribution in [0.2, 0.25) is 0 Å². The highest BCUT2D eigenvalue weighted by Crippen LogP contribution is 2.41. The lowest BCUT2D eigenvalue weighted by Crippen LogP contribution is -2.37. The Kier molecular flexibility index (Phi) is 5.62. The number of carbonyl (C=O) groups excluding carboxylic acids is 1. The van der Waals surface area contributed by atoms with Gasteiger partial charge in [0.05, 0.1) is 24.7 Å². The Morgan fingerprint density at radius 2 is 2.08 bits per heavy atom. The normalized spacial score (nSPS) is 25.7. The fraction of sp³-hybridized carbons (Fsp3) is 0.556. The van der Waals surface area contributed by atoms with Gasteiger partial charge in [-0.1, -0.05) is 31.7 Å². The van der Waals surface area contributed by atoms with Gasteiger partial charge in [-0.3, -0.25) is 4.79 Å². The molecule has 8 heteroatoms. The number of rotatable bonds is 5. The van der Waals surface area contributed by atoms with E-state index in [9.17, 15) is 13.2 Å². The minimum Gasteiger partial charge on any atom is -0.497 e. The van der Waals surface area contributed by atoms with Gasteiger partial charge in [0.15, 0.2) is 15.0 Å². The topological polar surface area (TPSA) is 76.0 Å². The molecule has 2 aliphatic rings. The van der Waals surface area contributed by atoms with Crippen LogP contribution in [0.15, 0.2) is 29.3 Å². The van der Waals surface area contributed by atoms with Crippen molar-refractivity contribution in [3.05, 3.63) is 24.3 Å². The van der Waals surface area contributed by atoms with Crippen molar-refractivity contribution < 1.29 is 17.9 Å². The van der Waals surface area contributed by atoms with Gasteiger partial charge in [0.1, 0.15) is 5.75 Å². The molecule has 0 unspecified atom stereocenters. The number of methoxy groups -OCH3 is 1. The number of amides is 1. The first kappa shape index (κ1) is 19.2. The molecule has 2 atom stereocenters. The molecule has 0 bridgehead atoms. The summed E-state index contributed by atoms with van der Waals surface area (Å²) in [5.74, 6) is 0.663. The first-order valence-corrected chi connectivity index (χ1v) is 11.5. The molecule has 2 aliphatic heterocycles. The van der Waals surface area contributed by atoms with Crippen molar-refractivity contribution in [2.75, 3.05) is 23.5 Å². The van der Waals surface area contributed by atoms with Gasteiger partial charge in [0.25, 0.3) is 5.91 Å². The van der Waals surface area contributed by atoms with Crippen LogP contribution in [-0.2, 0) is 14.6 Å². The Balaban J connectivity index is 1.99. The molecule has 0 aliphatic carbocycles. The van der Waals surface area contributed by atoms with Crippen molar-refractivity contribution in [2.24, 2.45) is 10.9 Å². The second-order valence-corrected chi connectivity index (χ2v) is 9.98. The van der Waals surface area contributed by atoms with Gasteiger partial charge in [0.2, 0.25) is 0 Å². The summed E-state index contributed by atoms with van der Waals surface area (Å²) in [4.78, 5) is 18.8. The highest BCUT2D eigenvalue weighted by atomic mass is 32.2. The van der Waals surface area contributed by atoms with Crippen molar-refractivity contribution in [3.63, 3.8) is 0 Å². The summed E-state index contributed by atoms with van der Waals surface area (Å²) < 4.78 is 29.5. The molecule has 0 N–H and O–H groups in total. The molecule has 0 radical (unpaired) electrons. The number of sulfone groups is 1. The molecule has 2 heterocycles. The van der Waals surface area contributed by atoms with E-state index >= 15 is 0 Å². The van der Waals surface area contributed by atoms with Gasteiger partial charge in [-0.05, 0) is 25.0 Å². The molecule has 2 fully saturated rings. The van der Waals surface area contributed by atoms with Crippen LogP contribution in [0.5, 0.6) is 5.75 Å². The second kappa shape index (κ2) is 7.60. The van der Waals surface area contributed by atoms with E-state index in [2.05, 4.69) is 4.99 Å². The molecule has 0 saturated carbocycles. The largest absolute Gasteiger partial charge is 0.497 e. The van der Waals surface area contributed by atoms with Crippen LogP contribution in [0.1, 0.15) is 26.7 Å². The molecule has 1 aromatic rings. The molecule has 1 aromatic carbocycles. The molecule has 0 spiro atoms. The Morgan fingerprint density at radius 3 is 2.73 bits per heavy atom. The fourth-order valence-corrected chi connectivity index (χ4v) is 7.37. The van der Waals surface area contributed by atoms with Gasteiger partial charge in [-0.25, -0.2) is 8.42 Å². The average Bonchev–Trinajstić information content (AvgIpc) is 3.06. The molecule has 1 amide bonds. The van der Waals surface area contributed by atoms with Gasteiger partial charge in [0, 0.05) is 22.9 Å². The van der Waals surface area contributed by atoms with Crippen LogP contribution in [0.4, 0.5) is 5.69 Å². The van der Waals surface area contributed by atoms with Crippen LogP contribution >= 0.6 is 11.8 Å². The minimum absolute atomic E-state index is 0.0834. The van der Waals surface area contributed by atoms with Crippen molar-refractivity contribution in [1.82, 2.24) is 0 Å². The Morgan fingerprint density at radius 1 is 1.35 bits per heavy atom. The van der Waals surface area contributed by atoms with Crippen molar-refractivity contribution in [1.29, 1.82) is 0 Å². The third kappa shape index (κ3) is 3.76. The second-order valence-electron chi connectivity index (χ2n) is 6.62. The molecule has 26 heavy (non-hydrogen) atoms. The number of benzene rings is 1. The number of amidine groups is 1. The van der Waals surface area contributed by atoms with Crippen molar-refractivity contribution in [2.45, 2.75) is 38.0 Å². The van der Waals surface area contributed by atoms with Crippen LogP contribution in [0, 0.1) is 5.92 Å². The standard InChI is InChI=1S/C18H24N2O4S2/c1-4-12(5-2)17(21)19-18-20(13-7-6-8-14(9-13)24-3)15-10-26(22,23)11-16(15)25-18/h6-9,12,15-16H,4-5,10-11H2,1-3H3/t15-,16-/m1/s1. The zero-order valence-electron chi connectivity index (χ0n) is 15.2. The summed E-state index contributed by atoms with van der Waals surface area (Å²) in [6.07, 6.45) is 1.49. The summed E-state index contributed by atoms with van der Waals surface area (Å²) >= 11 is 1.40. The third-order valence-corrected chi connectivity index (χ3v) is 8.15. The van der Waals surface area contributed by atoms with E-state index in [1.165, 1.54) is 11.8 Å². The van der Waals surface area contributed by atoms with E-state index in [0.29, 0.717) is 10.9 Å². The number of hydrogen-bond acceptors (Lipinski definition) is 5. The highest BCUT2D eigenvalue weighted by molar-refractivity contribution is 8.16. The van der Waals surface area contributed by atoms with E-state index in [-0.39, 0.29) is 34.6 Å². The van der Waals surface area contributed by atoms with E-state index in [0.717, 1.165) is 18.5 Å². The molecule has 2 saturated heterocycles. The Labute approximate surface area is 158 Å². The highest BCUT2D eigenvalue weighted by Gasteiger charge is 2.49. The number of carbonyl (C=O) groups is 1. The first-order chi connectivity index (χ1) is 12.4. The predicted molar refractivity (Wildman–Crippen MR) is 106 cm³/mol. The maximum absolute atomic E-state index is 12.5. The molecule has 142 valence electrons. The number of ether oxygens (including phenoxy) is 1. The maximum Gasteiger partial charge on any atom is 0.251 e. The van der Waals surface area contributed by atoms with Gasteiger partial charge < -0.3 is 9.64 Å². The predicted octanol–water partition coefficient (Wildman–Crippen LogP) is 2.73. The number of thioether (sulfide) groups is 1. The summed E-state index contributed by atoms with van der Waals surface area (Å²) in [6.45, 7) is 3.96. The number of fused-ring (bicyclic) bond motifs is 1. The van der Waals surface area contributed by atoms with Crippen LogP contribution in [-0.4, -0.2) is 49.4 Å². The minimum atomic E-state index is -3.07. The lowest BCUT2D eigenvalue weighted by atomic mass is 10.0. The fourth-order valence-electron chi connectivity index (χ4n) is 3.45. The third-order valence-electron chi connectivity index (χ3n) is 4.94. The lowest BCUT2D eigenvalue weighted by Gasteiger charge is -2.25. The van der Waals surface area contributed by atoms with Crippen LogP contribution in [0.25, 0.3) is 0 Å². The first-order valence-electron chi connectivity index (χ1n) is 8.81. The molecule has 3 rings (SSSR count). The zero-order chi connectivity index (χ0) is 18.9. The zero-order valence-corrected chi connectivity index (χ0v) is 16.8. The van der Waals surface area contributed by atoms with Crippen LogP contribution in [0.3, 0.4) is 0 Å². The average molecular weight is 397 g/mol. The Hall–Kier alpha value is -1.54. The van der Waals surface area contributed by atoms with E-state index in [1.807, 2.05) is 43.0 Å². The summed E-state index contributed by atoms with van der Waals surface area (Å²) in [5.41, 5.74) is 0.803. The molecule has 6 nitrogen and oxygen atoms in total. The summed E-state index contributed by atoms with van der Waals surface area (Å²) in [7, 11) is -1.48. The smallest absolute Gasteiger partial charge is 0.251 e. The number of hydrogen-bond donors (Lipinski definition) is 0. The molecular weight excluding hydrogens is 372 g/mol. The maximum atomic E-state index is 12.5. The summed E-state index contributed by atoms with van der Waals surface area (Å²) in [6, 6.07) is 7.24. The summed E-state index contributed by atoms with van der Waals surface area (Å²) in [5, 5.41) is 0.500. The molecular formula is C18H24N2O4S2. The lowest BCUT2D eigenvalue weighted by molar-refractivity contribution is -0.121. The number of anilines is 1. The van der Waals surface area contributed by atoms with Gasteiger partial charge >= 0.3 is 0 Å². The molecule has 0 aromatic heterocycles. The number of aliphatic imine (C=N–C) groups is 1. The van der Waals surface area contributed by atoms with Gasteiger partial charge in [-0.15, -0.1) is 0 Å². The van der Waals surface area contributed by atoms with Crippen molar-refractivity contribution in [3.8, 4) is 5.75 Å². The van der Waals surface area contributed by atoms with Gasteiger partial charge in [-0.2, -0.15) is 4.99 Å².